The highest BCUT2D eigenvalue weighted by Crippen LogP contribution is 2.43. The second kappa shape index (κ2) is 5.39. The first kappa shape index (κ1) is 14.2. The Hall–Kier alpha value is -1.26. The zero-order valence-corrected chi connectivity index (χ0v) is 11.9. The molecular formula is C14H25N3O2. The first-order valence-corrected chi connectivity index (χ1v) is 7.28. The molecule has 0 bridgehead atoms. The van der Waals surface area contributed by atoms with Gasteiger partial charge in [0, 0.05) is 13.1 Å². The average Bonchev–Trinajstić information content (AvgIpc) is 2.37. The van der Waals surface area contributed by atoms with Crippen LogP contribution < -0.4 is 5.73 Å². The quantitative estimate of drug-likeness (QED) is 0.354. The summed E-state index contributed by atoms with van der Waals surface area (Å²) in [5, 5.41) is 12.0. The minimum Gasteiger partial charge on any atom is -0.409 e. The van der Waals surface area contributed by atoms with Crippen molar-refractivity contribution >= 4 is 11.7 Å². The molecule has 1 heterocycles. The molecular weight excluding hydrogens is 242 g/mol. The highest BCUT2D eigenvalue weighted by Gasteiger charge is 2.50. The van der Waals surface area contributed by atoms with Crippen LogP contribution in [0.5, 0.6) is 0 Å². The van der Waals surface area contributed by atoms with Gasteiger partial charge < -0.3 is 15.8 Å². The molecule has 1 saturated carbocycles. The summed E-state index contributed by atoms with van der Waals surface area (Å²) in [6, 6.07) is 0. The van der Waals surface area contributed by atoms with Crippen LogP contribution in [0.25, 0.3) is 0 Å². The Morgan fingerprint density at radius 2 is 1.95 bits per heavy atom. The molecule has 1 saturated heterocycles. The molecule has 5 heteroatoms. The lowest BCUT2D eigenvalue weighted by molar-refractivity contribution is -0.143. The molecule has 0 atom stereocenters. The fourth-order valence-electron chi connectivity index (χ4n) is 3.28. The average molecular weight is 267 g/mol. The van der Waals surface area contributed by atoms with Crippen molar-refractivity contribution in [2.45, 2.75) is 46.0 Å². The van der Waals surface area contributed by atoms with Crippen LogP contribution in [0.15, 0.2) is 5.16 Å². The predicted molar refractivity (Wildman–Crippen MR) is 73.8 cm³/mol. The molecule has 0 aromatic carbocycles. The first-order chi connectivity index (χ1) is 9.01. The number of hydrogen-bond donors (Lipinski definition) is 2. The normalized spacial score (nSPS) is 24.4. The molecule has 2 aliphatic rings. The summed E-state index contributed by atoms with van der Waals surface area (Å²) in [5.41, 5.74) is 5.04. The van der Waals surface area contributed by atoms with Gasteiger partial charge in [-0.05, 0) is 37.5 Å². The number of oxime groups is 1. The molecule has 0 aromatic heterocycles. The monoisotopic (exact) mass is 267 g/mol. The number of hydrogen-bond acceptors (Lipinski definition) is 3. The Kier molecular flexibility index (Phi) is 4.02. The van der Waals surface area contributed by atoms with Crippen LogP contribution in [0.3, 0.4) is 0 Å². The maximum absolute atomic E-state index is 12.6. The number of nitrogens with two attached hydrogens (primary N) is 1. The molecule has 3 N–H and O–H groups in total. The number of likely N-dealkylation sites (tertiary alicyclic amines) is 1. The van der Waals surface area contributed by atoms with Crippen LogP contribution in [-0.2, 0) is 4.79 Å². The van der Waals surface area contributed by atoms with Crippen molar-refractivity contribution in [3.05, 3.63) is 0 Å². The zero-order valence-electron chi connectivity index (χ0n) is 11.9. The standard InChI is InChI=1S/C14H25N3O2/c1-10(2)11-4-8-17(9-5-11)13(18)14(6-3-7-14)12(15)16-19/h10-11,19H,3-9H2,1-2H3,(H2,15,16). The van der Waals surface area contributed by atoms with Crippen LogP contribution in [0, 0.1) is 17.3 Å². The lowest BCUT2D eigenvalue weighted by atomic mass is 9.66. The lowest BCUT2D eigenvalue weighted by Gasteiger charge is -2.44. The summed E-state index contributed by atoms with van der Waals surface area (Å²) in [4.78, 5) is 14.5. The maximum Gasteiger partial charge on any atom is 0.236 e. The van der Waals surface area contributed by atoms with Gasteiger partial charge in [0.05, 0.1) is 0 Å². The topological polar surface area (TPSA) is 78.9 Å². The van der Waals surface area contributed by atoms with Gasteiger partial charge in [0.2, 0.25) is 5.91 Å². The van der Waals surface area contributed by atoms with Gasteiger partial charge in [-0.3, -0.25) is 4.79 Å². The molecule has 2 rings (SSSR count). The van der Waals surface area contributed by atoms with Gasteiger partial charge >= 0.3 is 0 Å². The zero-order chi connectivity index (χ0) is 14.0. The van der Waals surface area contributed by atoms with E-state index in [-0.39, 0.29) is 11.7 Å². The molecule has 0 spiro atoms. The summed E-state index contributed by atoms with van der Waals surface area (Å²) >= 11 is 0. The van der Waals surface area contributed by atoms with Crippen molar-refractivity contribution < 1.29 is 10.0 Å². The van der Waals surface area contributed by atoms with Gasteiger partial charge in [0.25, 0.3) is 0 Å². The number of carbonyl (C=O) groups excluding carboxylic acids is 1. The Labute approximate surface area is 114 Å². The number of piperidine rings is 1. The van der Waals surface area contributed by atoms with Crippen LogP contribution in [0.4, 0.5) is 0 Å². The van der Waals surface area contributed by atoms with Crippen LogP contribution in [-0.4, -0.2) is 34.9 Å². The van der Waals surface area contributed by atoms with Gasteiger partial charge in [0.1, 0.15) is 5.41 Å². The number of amidine groups is 1. The van der Waals surface area contributed by atoms with E-state index in [1.807, 2.05) is 4.90 Å². The summed E-state index contributed by atoms with van der Waals surface area (Å²) in [5.74, 6) is 1.55. The number of carbonyl (C=O) groups is 1. The fraction of sp³-hybridized carbons (Fsp3) is 0.857. The minimum absolute atomic E-state index is 0.0660. The number of nitrogens with zero attached hydrogens (tertiary/aromatic N) is 2. The molecule has 1 aliphatic carbocycles. The second-order valence-corrected chi connectivity index (χ2v) is 6.29. The third-order valence-electron chi connectivity index (χ3n) is 4.98. The van der Waals surface area contributed by atoms with Gasteiger partial charge in [0.15, 0.2) is 5.84 Å². The van der Waals surface area contributed by atoms with Crippen LogP contribution in [0.1, 0.15) is 46.0 Å². The van der Waals surface area contributed by atoms with Crippen LogP contribution in [0.2, 0.25) is 0 Å². The Morgan fingerprint density at radius 1 is 1.37 bits per heavy atom. The maximum atomic E-state index is 12.6. The Balaban J connectivity index is 2.01. The smallest absolute Gasteiger partial charge is 0.236 e. The molecule has 1 aliphatic heterocycles. The minimum atomic E-state index is -0.709. The summed E-state index contributed by atoms with van der Waals surface area (Å²) in [6.07, 6.45) is 4.54. The molecule has 19 heavy (non-hydrogen) atoms. The van der Waals surface area contributed by atoms with Crippen LogP contribution >= 0.6 is 0 Å². The third-order valence-corrected chi connectivity index (χ3v) is 4.98. The Bertz CT molecular complexity index is 367. The van der Waals surface area contributed by atoms with E-state index >= 15 is 0 Å². The number of rotatable bonds is 3. The van der Waals surface area contributed by atoms with Crippen molar-refractivity contribution in [2.75, 3.05) is 13.1 Å². The van der Waals surface area contributed by atoms with E-state index in [2.05, 4.69) is 19.0 Å². The van der Waals surface area contributed by atoms with E-state index in [9.17, 15) is 4.79 Å². The van der Waals surface area contributed by atoms with E-state index in [1.165, 1.54) is 0 Å². The second-order valence-electron chi connectivity index (χ2n) is 6.29. The Morgan fingerprint density at radius 3 is 2.32 bits per heavy atom. The van der Waals surface area contributed by atoms with Gasteiger partial charge in [-0.15, -0.1) is 0 Å². The molecule has 2 fully saturated rings. The molecule has 0 aromatic rings. The highest BCUT2D eigenvalue weighted by molar-refractivity contribution is 6.07. The van der Waals surface area contributed by atoms with Crippen molar-refractivity contribution in [1.82, 2.24) is 4.90 Å². The highest BCUT2D eigenvalue weighted by atomic mass is 16.4. The molecule has 1 amide bonds. The van der Waals surface area contributed by atoms with Crippen molar-refractivity contribution in [2.24, 2.45) is 28.1 Å². The van der Waals surface area contributed by atoms with E-state index in [0.717, 1.165) is 32.4 Å². The molecule has 0 unspecified atom stereocenters. The predicted octanol–water partition coefficient (Wildman–Crippen LogP) is 1.80. The van der Waals surface area contributed by atoms with Crippen molar-refractivity contribution in [3.8, 4) is 0 Å². The fourth-order valence-corrected chi connectivity index (χ4v) is 3.28. The summed E-state index contributed by atoms with van der Waals surface area (Å²) in [6.45, 7) is 6.10. The molecule has 108 valence electrons. The van der Waals surface area contributed by atoms with E-state index in [1.54, 1.807) is 0 Å². The SMILES string of the molecule is CC(C)C1CCN(C(=O)C2(C(N)=NO)CCC2)CC1. The van der Waals surface area contributed by atoms with Crippen molar-refractivity contribution in [3.63, 3.8) is 0 Å². The number of amides is 1. The van der Waals surface area contributed by atoms with Gasteiger partial charge in [-0.25, -0.2) is 0 Å². The lowest BCUT2D eigenvalue weighted by Crippen LogP contribution is -2.56. The van der Waals surface area contributed by atoms with Gasteiger partial charge in [-0.1, -0.05) is 25.4 Å². The molecule has 5 nitrogen and oxygen atoms in total. The first-order valence-electron chi connectivity index (χ1n) is 7.28. The summed E-state index contributed by atoms with van der Waals surface area (Å²) < 4.78 is 0. The van der Waals surface area contributed by atoms with E-state index < -0.39 is 5.41 Å². The largest absolute Gasteiger partial charge is 0.409 e. The summed E-state index contributed by atoms with van der Waals surface area (Å²) in [7, 11) is 0. The van der Waals surface area contributed by atoms with E-state index in [4.69, 9.17) is 10.9 Å². The van der Waals surface area contributed by atoms with Gasteiger partial charge in [-0.2, -0.15) is 0 Å². The van der Waals surface area contributed by atoms with E-state index in [0.29, 0.717) is 24.7 Å². The molecule has 0 radical (unpaired) electrons. The third kappa shape index (κ3) is 2.42. The van der Waals surface area contributed by atoms with Crippen molar-refractivity contribution in [1.29, 1.82) is 0 Å².